The predicted octanol–water partition coefficient (Wildman–Crippen LogP) is 1.39. The van der Waals surface area contributed by atoms with Gasteiger partial charge in [0.05, 0.1) is 5.56 Å². The second-order valence-corrected chi connectivity index (χ2v) is 11.7. The van der Waals surface area contributed by atoms with Crippen molar-refractivity contribution in [1.82, 2.24) is 29.6 Å². The molecular formula is C24H19F3N6O8S2. The van der Waals surface area contributed by atoms with Gasteiger partial charge < -0.3 is 20.6 Å². The van der Waals surface area contributed by atoms with E-state index in [0.717, 1.165) is 45.1 Å². The molecule has 19 heteroatoms. The Morgan fingerprint density at radius 1 is 1.12 bits per heavy atom. The number of carboxylic acids is 1. The van der Waals surface area contributed by atoms with E-state index in [1.165, 1.54) is 18.2 Å². The lowest BCUT2D eigenvalue weighted by Gasteiger charge is -2.50. The Morgan fingerprint density at radius 3 is 2.47 bits per heavy atom. The minimum atomic E-state index is -4.84. The first kappa shape index (κ1) is 30.1. The number of carbonyl (C=O) groups is 4. The number of nitrogens with zero attached hydrogens (tertiary/aromatic N) is 5. The summed E-state index contributed by atoms with van der Waals surface area (Å²) in [7, 11) is 0. The van der Waals surface area contributed by atoms with E-state index in [9.17, 15) is 47.4 Å². The number of benzene rings is 1. The number of aliphatic hydroxyl groups excluding tert-OH is 1. The van der Waals surface area contributed by atoms with E-state index in [2.05, 4.69) is 15.5 Å². The average molecular weight is 641 g/mol. The van der Waals surface area contributed by atoms with Crippen LogP contribution in [0.25, 0.3) is 5.65 Å². The molecule has 0 saturated carbocycles. The van der Waals surface area contributed by atoms with E-state index in [0.29, 0.717) is 11.6 Å². The van der Waals surface area contributed by atoms with Crippen LogP contribution in [0.2, 0.25) is 0 Å². The average Bonchev–Trinajstić information content (AvgIpc) is 3.29. The fourth-order valence-electron chi connectivity index (χ4n) is 4.61. The summed E-state index contributed by atoms with van der Waals surface area (Å²) in [5.41, 5.74) is -3.00. The molecule has 43 heavy (non-hydrogen) atoms. The molecule has 5 rings (SSSR count). The van der Waals surface area contributed by atoms with Gasteiger partial charge in [-0.05, 0) is 30.7 Å². The van der Waals surface area contributed by atoms with Crippen molar-refractivity contribution in [3.8, 4) is 0 Å². The predicted molar refractivity (Wildman–Crippen MR) is 142 cm³/mol. The third kappa shape index (κ3) is 5.34. The van der Waals surface area contributed by atoms with Gasteiger partial charge in [0.25, 0.3) is 11.8 Å². The highest BCUT2D eigenvalue weighted by molar-refractivity contribution is 8.01. The van der Waals surface area contributed by atoms with Crippen molar-refractivity contribution >= 4 is 53.0 Å². The van der Waals surface area contributed by atoms with Crippen LogP contribution in [0.1, 0.15) is 24.2 Å². The van der Waals surface area contributed by atoms with Gasteiger partial charge in [-0.25, -0.2) is 14.4 Å². The molecule has 4 atom stereocenters. The van der Waals surface area contributed by atoms with Crippen molar-refractivity contribution in [3.05, 3.63) is 69.3 Å². The van der Waals surface area contributed by atoms with Crippen LogP contribution in [0.5, 0.6) is 0 Å². The fraction of sp³-hybridized carbons (Fsp3) is 0.292. The summed E-state index contributed by atoms with van der Waals surface area (Å²) >= 11 is 2.14. The highest BCUT2D eigenvalue weighted by Gasteiger charge is 2.55. The van der Waals surface area contributed by atoms with Crippen LogP contribution in [0, 0.1) is 0 Å². The fourth-order valence-corrected chi connectivity index (χ4v) is 7.16. The Hall–Kier alpha value is -4.36. The first-order valence-electron chi connectivity index (χ1n) is 12.1. The summed E-state index contributed by atoms with van der Waals surface area (Å²) < 4.78 is 41.1. The summed E-state index contributed by atoms with van der Waals surface area (Å²) in [6.45, 7) is 1.64. The molecule has 226 valence electrons. The zero-order chi connectivity index (χ0) is 31.4. The number of β-lactam (4-membered cyclic amide) rings is 1. The lowest BCUT2D eigenvalue weighted by Crippen LogP contribution is -2.71. The molecule has 2 aliphatic rings. The summed E-state index contributed by atoms with van der Waals surface area (Å²) in [5.74, 6) is -3.45. The number of rotatable bonds is 7. The monoisotopic (exact) mass is 640 g/mol. The zero-order valence-corrected chi connectivity index (χ0v) is 23.2. The van der Waals surface area contributed by atoms with Crippen molar-refractivity contribution in [2.24, 2.45) is 0 Å². The Morgan fingerprint density at radius 2 is 1.81 bits per heavy atom. The molecule has 14 nitrogen and oxygen atoms in total. The van der Waals surface area contributed by atoms with E-state index in [1.807, 2.05) is 0 Å². The van der Waals surface area contributed by atoms with Gasteiger partial charge >= 0.3 is 23.9 Å². The smallest absolute Gasteiger partial charge is 0.436 e. The number of nitrogens with one attached hydrogen (secondary N) is 1. The number of carbonyl (C=O) groups excluding carboxylic acids is 2. The van der Waals surface area contributed by atoms with Gasteiger partial charge in [0, 0.05) is 16.6 Å². The van der Waals surface area contributed by atoms with Crippen LogP contribution in [0.15, 0.2) is 57.5 Å². The van der Waals surface area contributed by atoms with E-state index in [4.69, 9.17) is 5.11 Å². The van der Waals surface area contributed by atoms with Crippen molar-refractivity contribution in [2.75, 3.05) is 5.75 Å². The number of aliphatic carboxylic acids is 1. The molecule has 0 aliphatic carbocycles. The van der Waals surface area contributed by atoms with Crippen LogP contribution in [0.3, 0.4) is 0 Å². The largest absolute Gasteiger partial charge is 0.477 e. The topological polar surface area (TPSA) is 196 Å². The molecule has 2 amide bonds. The molecule has 2 aromatic heterocycles. The number of hydrogen-bond donors (Lipinski definition) is 4. The number of aromatic nitrogens is 4. The van der Waals surface area contributed by atoms with Gasteiger partial charge in [0.15, 0.2) is 11.8 Å². The van der Waals surface area contributed by atoms with Crippen LogP contribution in [-0.4, -0.2) is 85.9 Å². The second kappa shape index (κ2) is 11.0. The number of hydrogen-bond acceptors (Lipinski definition) is 10. The number of carboxylic acid groups (broad SMARTS) is 2. The van der Waals surface area contributed by atoms with Crippen molar-refractivity contribution in [2.45, 2.75) is 40.9 Å². The van der Waals surface area contributed by atoms with E-state index < -0.39 is 69.6 Å². The van der Waals surface area contributed by atoms with Crippen molar-refractivity contribution in [3.63, 3.8) is 0 Å². The molecule has 1 aromatic carbocycles. The molecule has 0 spiro atoms. The molecule has 2 aliphatic heterocycles. The van der Waals surface area contributed by atoms with Crippen LogP contribution in [-0.2, 0) is 20.6 Å². The summed E-state index contributed by atoms with van der Waals surface area (Å²) in [5, 5.41) is 38.1. The van der Waals surface area contributed by atoms with Gasteiger partial charge in [-0.2, -0.15) is 22.8 Å². The van der Waals surface area contributed by atoms with Gasteiger partial charge in [0.2, 0.25) is 0 Å². The standard InChI is InChI=1S/C24H19F3N6O8S2/c1-9(43-14-7-6-13-29-33(23(40)41)22(39)32(13)30-14)11-8-42-20-15(19(36)31(20)16(11)21(37)38)28-18(35)17(34)10-4-2-3-5-12(10)24(25,26)27/h2-7,9,15,17,20,34H,8H2,1H3,(H,28,35)(H,37,38)(H,40,41)/t9?,15?,17-,20-/m1/s1. The third-order valence-corrected chi connectivity index (χ3v) is 9.03. The van der Waals surface area contributed by atoms with Gasteiger partial charge in [-0.15, -0.1) is 21.5 Å². The number of thioether (sulfide) groups is 2. The molecule has 0 radical (unpaired) electrons. The normalized spacial score (nSPS) is 19.9. The van der Waals surface area contributed by atoms with Crippen LogP contribution < -0.4 is 11.0 Å². The van der Waals surface area contributed by atoms with Gasteiger partial charge in [-0.1, -0.05) is 30.0 Å². The van der Waals surface area contributed by atoms with E-state index in [1.54, 1.807) is 6.92 Å². The van der Waals surface area contributed by atoms with Gasteiger partial charge in [0.1, 0.15) is 22.1 Å². The Balaban J connectivity index is 1.34. The molecule has 4 N–H and O–H groups in total. The quantitative estimate of drug-likeness (QED) is 0.214. The maximum absolute atomic E-state index is 13.4. The number of amides is 2. The Bertz CT molecular complexity index is 1770. The lowest BCUT2D eigenvalue weighted by molar-refractivity contribution is -0.152. The highest BCUT2D eigenvalue weighted by atomic mass is 32.2. The summed E-state index contributed by atoms with van der Waals surface area (Å²) in [6, 6.07) is 5.47. The van der Waals surface area contributed by atoms with Crippen molar-refractivity contribution in [1.29, 1.82) is 0 Å². The Labute approximate surface area is 246 Å². The maximum Gasteiger partial charge on any atom is 0.436 e. The molecule has 1 fully saturated rings. The van der Waals surface area contributed by atoms with E-state index in [-0.39, 0.29) is 26.8 Å². The number of aliphatic hydroxyl groups is 1. The van der Waals surface area contributed by atoms with Crippen LogP contribution >= 0.6 is 23.5 Å². The first-order chi connectivity index (χ1) is 20.2. The highest BCUT2D eigenvalue weighted by Crippen LogP contribution is 2.44. The minimum Gasteiger partial charge on any atom is -0.477 e. The molecule has 0 bridgehead atoms. The molecule has 3 aromatic rings. The number of fused-ring (bicyclic) bond motifs is 2. The summed E-state index contributed by atoms with van der Waals surface area (Å²) in [4.78, 5) is 62.3. The molecular weight excluding hydrogens is 621 g/mol. The SMILES string of the molecule is CC(Sc1ccc2nn(C(=O)O)c(=O)n2n1)C1=C(C(=O)O)N2C(=O)C(NC(=O)[C@H](O)c3ccccc3C(F)(F)F)[C@H]2SC1. The first-order valence-corrected chi connectivity index (χ1v) is 14.1. The van der Waals surface area contributed by atoms with Crippen molar-refractivity contribution < 1.29 is 47.7 Å². The number of alkyl halides is 3. The molecule has 4 heterocycles. The minimum absolute atomic E-state index is 0.0304. The van der Waals surface area contributed by atoms with E-state index >= 15 is 0 Å². The number of halogens is 3. The molecule has 2 unspecified atom stereocenters. The Kier molecular flexibility index (Phi) is 7.73. The van der Waals surface area contributed by atoms with Gasteiger partial charge in [-0.3, -0.25) is 14.5 Å². The third-order valence-electron chi connectivity index (χ3n) is 6.63. The summed E-state index contributed by atoms with van der Waals surface area (Å²) in [6.07, 6.45) is -8.68. The maximum atomic E-state index is 13.4. The zero-order valence-electron chi connectivity index (χ0n) is 21.5. The molecule has 1 saturated heterocycles. The second-order valence-electron chi connectivity index (χ2n) is 9.24. The van der Waals surface area contributed by atoms with Crippen LogP contribution in [0.4, 0.5) is 18.0 Å². The lowest BCUT2D eigenvalue weighted by atomic mass is 9.99.